The molecule has 210 valence electrons. The van der Waals surface area contributed by atoms with E-state index in [1.807, 2.05) is 75.4 Å². The van der Waals surface area contributed by atoms with Gasteiger partial charge < -0.3 is 10.1 Å². The van der Waals surface area contributed by atoms with Gasteiger partial charge in [-0.05, 0) is 65.3 Å². The minimum atomic E-state index is -1.10. The van der Waals surface area contributed by atoms with E-state index >= 15 is 0 Å². The van der Waals surface area contributed by atoms with E-state index in [9.17, 15) is 19.2 Å². The standard InChI is InChI=1S/C33H31BrN2O5/c1-17(2)14-25(33(40)41-16-26(37)35-19-12-13-24(34)18(3)15-19)36-31(38)29-27-20-8-4-5-9-21(20)28(30(29)32(36)39)23-11-7-6-10-22(23)27/h4-13,15,17,25,27-30H,14,16H2,1-3H3,(H,35,37)/t25-,27?,28?,29-,30+/m1/s1. The number of aryl methyl sites for hydroxylation is 1. The molecule has 8 heteroatoms. The Morgan fingerprint density at radius 3 is 1.85 bits per heavy atom. The number of likely N-dealkylation sites (tertiary alicyclic amines) is 1. The average molecular weight is 616 g/mol. The smallest absolute Gasteiger partial charge is 0.329 e. The molecule has 1 N–H and O–H groups in total. The van der Waals surface area contributed by atoms with Crippen LogP contribution in [0.1, 0.15) is 59.9 Å². The normalized spacial score (nSPS) is 22.7. The first kappa shape index (κ1) is 27.4. The summed E-state index contributed by atoms with van der Waals surface area (Å²) in [6.07, 6.45) is 0.249. The first-order chi connectivity index (χ1) is 19.7. The van der Waals surface area contributed by atoms with E-state index < -0.39 is 36.4 Å². The Kier molecular flexibility index (Phi) is 7.06. The largest absolute Gasteiger partial charge is 0.454 e. The van der Waals surface area contributed by atoms with Crippen LogP contribution in [0, 0.1) is 24.7 Å². The molecule has 7 nitrogen and oxygen atoms in total. The zero-order chi connectivity index (χ0) is 29.0. The van der Waals surface area contributed by atoms with Crippen molar-refractivity contribution >= 4 is 45.3 Å². The van der Waals surface area contributed by atoms with Gasteiger partial charge in [-0.2, -0.15) is 0 Å². The van der Waals surface area contributed by atoms with Gasteiger partial charge in [0, 0.05) is 22.0 Å². The van der Waals surface area contributed by atoms with Gasteiger partial charge >= 0.3 is 5.97 Å². The molecule has 1 fully saturated rings. The van der Waals surface area contributed by atoms with Gasteiger partial charge in [0.05, 0.1) is 11.8 Å². The minimum absolute atomic E-state index is 0.00135. The molecule has 1 saturated heterocycles. The number of amides is 3. The van der Waals surface area contributed by atoms with Crippen molar-refractivity contribution in [2.75, 3.05) is 11.9 Å². The average Bonchev–Trinajstić information content (AvgIpc) is 3.22. The maximum Gasteiger partial charge on any atom is 0.329 e. The highest BCUT2D eigenvalue weighted by molar-refractivity contribution is 9.10. The van der Waals surface area contributed by atoms with E-state index in [1.165, 1.54) is 0 Å². The lowest BCUT2D eigenvalue weighted by atomic mass is 9.55. The highest BCUT2D eigenvalue weighted by Gasteiger charge is 2.63. The zero-order valence-electron chi connectivity index (χ0n) is 23.1. The molecular weight excluding hydrogens is 584 g/mol. The number of benzene rings is 3. The molecule has 7 rings (SSSR count). The number of nitrogens with one attached hydrogen (secondary N) is 1. The van der Waals surface area contributed by atoms with E-state index in [2.05, 4.69) is 21.2 Å². The number of anilines is 1. The molecule has 4 aliphatic rings. The van der Waals surface area contributed by atoms with E-state index in [0.717, 1.165) is 37.2 Å². The molecular formula is C33H31BrN2O5. The molecule has 0 radical (unpaired) electrons. The van der Waals surface area contributed by atoms with Crippen LogP contribution in [0.5, 0.6) is 0 Å². The van der Waals surface area contributed by atoms with Gasteiger partial charge in [0.2, 0.25) is 11.8 Å². The second kappa shape index (κ2) is 10.6. The quantitative estimate of drug-likeness (QED) is 0.278. The van der Waals surface area contributed by atoms with Crippen LogP contribution in [0.2, 0.25) is 0 Å². The summed E-state index contributed by atoms with van der Waals surface area (Å²) >= 11 is 3.43. The fraction of sp³-hybridized carbons (Fsp3) is 0.333. The molecule has 1 aliphatic heterocycles. The SMILES string of the molecule is Cc1cc(NC(=O)COC(=O)[C@@H](CC(C)C)N2C(=O)[C@@H]3C4c5ccccc5C(c5ccccc54)[C@@H]3C2=O)ccc1Br. The maximum atomic E-state index is 14.1. The fourth-order valence-corrected chi connectivity index (χ4v) is 7.16. The maximum absolute atomic E-state index is 14.1. The van der Waals surface area contributed by atoms with Gasteiger partial charge in [-0.3, -0.25) is 19.3 Å². The summed E-state index contributed by atoms with van der Waals surface area (Å²) in [6, 6.07) is 20.3. The minimum Gasteiger partial charge on any atom is -0.454 e. The summed E-state index contributed by atoms with van der Waals surface area (Å²) in [7, 11) is 0. The number of imide groups is 1. The molecule has 3 aromatic carbocycles. The molecule has 2 bridgehead atoms. The van der Waals surface area contributed by atoms with E-state index in [1.54, 1.807) is 12.1 Å². The molecule has 3 amide bonds. The lowest BCUT2D eigenvalue weighted by Gasteiger charge is -2.45. The van der Waals surface area contributed by atoms with Crippen molar-refractivity contribution in [3.63, 3.8) is 0 Å². The zero-order valence-corrected chi connectivity index (χ0v) is 24.7. The first-order valence-corrected chi connectivity index (χ1v) is 14.7. The number of ether oxygens (including phenoxy) is 1. The van der Waals surface area contributed by atoms with Crippen LogP contribution in [0.25, 0.3) is 0 Å². The molecule has 0 saturated carbocycles. The van der Waals surface area contributed by atoms with Crippen LogP contribution in [0.3, 0.4) is 0 Å². The number of rotatable bonds is 7. The van der Waals surface area contributed by atoms with Crippen LogP contribution in [-0.4, -0.2) is 41.2 Å². The fourth-order valence-electron chi connectivity index (χ4n) is 6.91. The monoisotopic (exact) mass is 614 g/mol. The molecule has 41 heavy (non-hydrogen) atoms. The van der Waals surface area contributed by atoms with Crippen LogP contribution in [-0.2, 0) is 23.9 Å². The number of halogens is 1. The van der Waals surface area contributed by atoms with Gasteiger partial charge in [0.1, 0.15) is 6.04 Å². The highest BCUT2D eigenvalue weighted by Crippen LogP contribution is 2.61. The van der Waals surface area contributed by atoms with E-state index in [0.29, 0.717) is 5.69 Å². The van der Waals surface area contributed by atoms with Crippen molar-refractivity contribution in [3.8, 4) is 0 Å². The van der Waals surface area contributed by atoms with Crippen molar-refractivity contribution in [2.24, 2.45) is 17.8 Å². The Hall–Kier alpha value is -3.78. The lowest BCUT2D eigenvalue weighted by Crippen LogP contribution is -2.47. The van der Waals surface area contributed by atoms with E-state index in [4.69, 9.17) is 4.74 Å². The number of nitrogens with zero attached hydrogens (tertiary/aromatic N) is 1. The van der Waals surface area contributed by atoms with Crippen molar-refractivity contribution in [2.45, 2.75) is 45.1 Å². The summed E-state index contributed by atoms with van der Waals surface area (Å²) in [5, 5.41) is 2.73. The van der Waals surface area contributed by atoms with Crippen molar-refractivity contribution in [1.82, 2.24) is 4.90 Å². The van der Waals surface area contributed by atoms with Gasteiger partial charge in [-0.1, -0.05) is 78.3 Å². The first-order valence-electron chi connectivity index (χ1n) is 13.9. The number of carbonyl (C=O) groups excluding carboxylic acids is 4. The Balaban J connectivity index is 1.26. The van der Waals surface area contributed by atoms with Crippen LogP contribution < -0.4 is 5.32 Å². The Bertz CT molecular complexity index is 1470. The predicted molar refractivity (Wildman–Crippen MR) is 157 cm³/mol. The summed E-state index contributed by atoms with van der Waals surface area (Å²) in [5.74, 6) is -3.59. The third-order valence-electron chi connectivity index (χ3n) is 8.55. The predicted octanol–water partition coefficient (Wildman–Crippen LogP) is 5.55. The third-order valence-corrected chi connectivity index (χ3v) is 9.44. The highest BCUT2D eigenvalue weighted by atomic mass is 79.9. The van der Waals surface area contributed by atoms with E-state index in [-0.39, 0.29) is 36.0 Å². The van der Waals surface area contributed by atoms with Crippen LogP contribution in [0.15, 0.2) is 71.2 Å². The topological polar surface area (TPSA) is 92.8 Å². The van der Waals surface area contributed by atoms with Gasteiger partial charge in [-0.25, -0.2) is 4.79 Å². The number of carbonyl (C=O) groups is 4. The molecule has 0 unspecified atom stereocenters. The Morgan fingerprint density at radius 2 is 1.39 bits per heavy atom. The van der Waals surface area contributed by atoms with Gasteiger partial charge in [0.15, 0.2) is 6.61 Å². The summed E-state index contributed by atoms with van der Waals surface area (Å²) < 4.78 is 6.36. The Morgan fingerprint density at radius 1 is 0.878 bits per heavy atom. The number of hydrogen-bond donors (Lipinski definition) is 1. The second-order valence-corrected chi connectivity index (χ2v) is 12.4. The number of esters is 1. The molecule has 3 aromatic rings. The third kappa shape index (κ3) is 4.58. The van der Waals surface area contributed by atoms with Crippen LogP contribution >= 0.6 is 15.9 Å². The molecule has 3 aliphatic carbocycles. The summed E-state index contributed by atoms with van der Waals surface area (Å²) in [6.45, 7) is 5.24. The van der Waals surface area contributed by atoms with Crippen molar-refractivity contribution < 1.29 is 23.9 Å². The summed E-state index contributed by atoms with van der Waals surface area (Å²) in [4.78, 5) is 55.5. The second-order valence-electron chi connectivity index (χ2n) is 11.6. The van der Waals surface area contributed by atoms with Crippen molar-refractivity contribution in [1.29, 1.82) is 0 Å². The molecule has 0 spiro atoms. The molecule has 0 aromatic heterocycles. The van der Waals surface area contributed by atoms with Gasteiger partial charge in [0.25, 0.3) is 5.91 Å². The molecule has 3 atom stereocenters. The lowest BCUT2D eigenvalue weighted by molar-refractivity contribution is -0.160. The number of hydrogen-bond acceptors (Lipinski definition) is 5. The molecule has 1 heterocycles. The Labute approximate surface area is 247 Å². The summed E-state index contributed by atoms with van der Waals surface area (Å²) in [5.41, 5.74) is 5.81. The van der Waals surface area contributed by atoms with Crippen LogP contribution in [0.4, 0.5) is 5.69 Å². The van der Waals surface area contributed by atoms with Gasteiger partial charge in [-0.15, -0.1) is 0 Å². The van der Waals surface area contributed by atoms with Crippen molar-refractivity contribution in [3.05, 3.63) is 99.0 Å².